The number of benzene rings is 1. The molecule has 0 aromatic heterocycles. The van der Waals surface area contributed by atoms with Gasteiger partial charge in [-0.05, 0) is 25.0 Å². The molecule has 0 bridgehead atoms. The van der Waals surface area contributed by atoms with Crippen LogP contribution in [-0.2, 0) is 4.57 Å². The number of para-hydroxylation sites is 1. The standard InChI is InChI=1S/C14H22FO2P/c1-3-5-11-18(16,12-6-4-2)17-14-10-8-7-9-13(14)15/h7-10H,3-6,11-12H2,1-2H3. The summed E-state index contributed by atoms with van der Waals surface area (Å²) < 4.78 is 31.7. The van der Waals surface area contributed by atoms with E-state index >= 15 is 0 Å². The SMILES string of the molecule is CCCCP(=O)(CCCC)Oc1ccccc1F. The molecule has 1 aromatic rings. The van der Waals surface area contributed by atoms with Crippen LogP contribution in [0.3, 0.4) is 0 Å². The smallest absolute Gasteiger partial charge is 0.248 e. The Morgan fingerprint density at radius 2 is 1.67 bits per heavy atom. The second-order valence-corrected chi connectivity index (χ2v) is 7.20. The highest BCUT2D eigenvalue weighted by atomic mass is 31.2. The van der Waals surface area contributed by atoms with E-state index in [0.717, 1.165) is 25.7 Å². The van der Waals surface area contributed by atoms with Gasteiger partial charge in [0, 0.05) is 12.3 Å². The molecule has 0 heterocycles. The summed E-state index contributed by atoms with van der Waals surface area (Å²) in [6.07, 6.45) is 4.73. The van der Waals surface area contributed by atoms with Gasteiger partial charge in [-0.3, -0.25) is 4.57 Å². The third-order valence-corrected chi connectivity index (χ3v) is 5.33. The molecule has 0 aliphatic rings. The van der Waals surface area contributed by atoms with Gasteiger partial charge in [0.05, 0.1) is 0 Å². The topological polar surface area (TPSA) is 26.3 Å². The van der Waals surface area contributed by atoms with E-state index in [0.29, 0.717) is 12.3 Å². The van der Waals surface area contributed by atoms with E-state index < -0.39 is 13.2 Å². The number of rotatable bonds is 8. The van der Waals surface area contributed by atoms with Crippen LogP contribution in [0.2, 0.25) is 0 Å². The van der Waals surface area contributed by atoms with Gasteiger partial charge in [0.2, 0.25) is 7.37 Å². The minimum atomic E-state index is -2.74. The van der Waals surface area contributed by atoms with Gasteiger partial charge < -0.3 is 4.52 Å². The molecule has 0 radical (unpaired) electrons. The maximum Gasteiger partial charge on any atom is 0.248 e. The van der Waals surface area contributed by atoms with E-state index in [9.17, 15) is 8.96 Å². The Morgan fingerprint density at radius 1 is 1.11 bits per heavy atom. The summed E-state index contributed by atoms with van der Waals surface area (Å²) in [6.45, 7) is 4.10. The summed E-state index contributed by atoms with van der Waals surface area (Å²) in [6, 6.07) is 6.17. The summed E-state index contributed by atoms with van der Waals surface area (Å²) in [5.74, 6) is -0.321. The first-order valence-corrected chi connectivity index (χ1v) is 8.63. The molecule has 0 saturated carbocycles. The fourth-order valence-corrected chi connectivity index (χ4v) is 4.21. The lowest BCUT2D eigenvalue weighted by Gasteiger charge is -2.19. The number of unbranched alkanes of at least 4 members (excludes halogenated alkanes) is 2. The molecular weight excluding hydrogens is 250 g/mol. The highest BCUT2D eigenvalue weighted by Gasteiger charge is 2.24. The van der Waals surface area contributed by atoms with Crippen molar-refractivity contribution in [3.05, 3.63) is 30.1 Å². The molecule has 0 N–H and O–H groups in total. The molecule has 0 saturated heterocycles. The van der Waals surface area contributed by atoms with Crippen molar-refractivity contribution in [3.63, 3.8) is 0 Å². The molecule has 0 amide bonds. The minimum Gasteiger partial charge on any atom is -0.440 e. The van der Waals surface area contributed by atoms with Crippen molar-refractivity contribution in [2.24, 2.45) is 0 Å². The van der Waals surface area contributed by atoms with Gasteiger partial charge in [0.15, 0.2) is 11.6 Å². The fraction of sp³-hybridized carbons (Fsp3) is 0.571. The van der Waals surface area contributed by atoms with Crippen molar-refractivity contribution >= 4 is 7.37 Å². The van der Waals surface area contributed by atoms with Crippen LogP contribution >= 0.6 is 7.37 Å². The molecule has 0 fully saturated rings. The highest BCUT2D eigenvalue weighted by molar-refractivity contribution is 7.59. The van der Waals surface area contributed by atoms with Gasteiger partial charge in [-0.1, -0.05) is 38.8 Å². The summed E-state index contributed by atoms with van der Waals surface area (Å²) in [5, 5.41) is 0. The maximum absolute atomic E-state index is 13.5. The first kappa shape index (κ1) is 15.2. The second kappa shape index (κ2) is 7.58. The van der Waals surface area contributed by atoms with Crippen molar-refractivity contribution < 1.29 is 13.5 Å². The molecule has 1 aromatic carbocycles. The third kappa shape index (κ3) is 4.81. The average Bonchev–Trinajstić information content (AvgIpc) is 2.37. The Bertz CT molecular complexity index is 395. The molecule has 2 nitrogen and oxygen atoms in total. The van der Waals surface area contributed by atoms with Gasteiger partial charge in [-0.25, -0.2) is 4.39 Å². The average molecular weight is 272 g/mol. The first-order chi connectivity index (χ1) is 8.61. The van der Waals surface area contributed by atoms with Crippen LogP contribution in [0.5, 0.6) is 5.75 Å². The van der Waals surface area contributed by atoms with Crippen LogP contribution in [0, 0.1) is 5.82 Å². The highest BCUT2D eigenvalue weighted by Crippen LogP contribution is 2.49. The number of halogens is 1. The maximum atomic E-state index is 13.5. The Hall–Kier alpha value is -0.820. The molecule has 1 rings (SSSR count). The third-order valence-electron chi connectivity index (χ3n) is 2.81. The zero-order valence-corrected chi connectivity index (χ0v) is 12.1. The van der Waals surface area contributed by atoms with Crippen LogP contribution in [0.4, 0.5) is 4.39 Å². The molecule has 0 aliphatic carbocycles. The van der Waals surface area contributed by atoms with E-state index in [1.807, 2.05) is 13.8 Å². The lowest BCUT2D eigenvalue weighted by molar-refractivity contribution is 0.454. The predicted octanol–water partition coefficient (Wildman–Crippen LogP) is 5.08. The van der Waals surface area contributed by atoms with Gasteiger partial charge in [-0.15, -0.1) is 0 Å². The largest absolute Gasteiger partial charge is 0.440 e. The normalized spacial score (nSPS) is 11.5. The van der Waals surface area contributed by atoms with Gasteiger partial charge in [-0.2, -0.15) is 0 Å². The molecule has 102 valence electrons. The molecule has 4 heteroatoms. The zero-order chi connectivity index (χ0) is 13.4. The fourth-order valence-electron chi connectivity index (χ4n) is 1.70. The zero-order valence-electron chi connectivity index (χ0n) is 11.2. The van der Waals surface area contributed by atoms with E-state index in [2.05, 4.69) is 0 Å². The second-order valence-electron chi connectivity index (χ2n) is 4.49. The van der Waals surface area contributed by atoms with Crippen LogP contribution in [-0.4, -0.2) is 12.3 Å². The van der Waals surface area contributed by atoms with E-state index in [1.54, 1.807) is 18.2 Å². The first-order valence-electron chi connectivity index (χ1n) is 6.63. The number of hydrogen-bond acceptors (Lipinski definition) is 2. The van der Waals surface area contributed by atoms with Gasteiger partial charge in [0.25, 0.3) is 0 Å². The van der Waals surface area contributed by atoms with Crippen molar-refractivity contribution in [3.8, 4) is 5.75 Å². The lowest BCUT2D eigenvalue weighted by Crippen LogP contribution is -2.04. The molecular formula is C14H22FO2P. The Labute approximate surface area is 109 Å². The van der Waals surface area contributed by atoms with Crippen molar-refractivity contribution in [2.75, 3.05) is 12.3 Å². The Kier molecular flexibility index (Phi) is 6.42. The summed E-state index contributed by atoms with van der Waals surface area (Å²) in [5.41, 5.74) is 0. The lowest BCUT2D eigenvalue weighted by atomic mass is 10.3. The summed E-state index contributed by atoms with van der Waals surface area (Å²) >= 11 is 0. The summed E-state index contributed by atoms with van der Waals surface area (Å²) in [4.78, 5) is 0. The Morgan fingerprint density at radius 3 is 2.17 bits per heavy atom. The van der Waals surface area contributed by atoms with E-state index in [4.69, 9.17) is 4.52 Å². The Balaban J connectivity index is 2.77. The van der Waals surface area contributed by atoms with Crippen LogP contribution in [0.15, 0.2) is 24.3 Å². The van der Waals surface area contributed by atoms with Gasteiger partial charge >= 0.3 is 0 Å². The van der Waals surface area contributed by atoms with Crippen LogP contribution < -0.4 is 4.52 Å². The van der Waals surface area contributed by atoms with Crippen LogP contribution in [0.1, 0.15) is 39.5 Å². The van der Waals surface area contributed by atoms with Crippen molar-refractivity contribution in [1.29, 1.82) is 0 Å². The summed E-state index contributed by atoms with van der Waals surface area (Å²) in [7, 11) is -2.74. The minimum absolute atomic E-state index is 0.119. The molecule has 18 heavy (non-hydrogen) atoms. The number of hydrogen-bond donors (Lipinski definition) is 0. The van der Waals surface area contributed by atoms with E-state index in [1.165, 1.54) is 6.07 Å². The quantitative estimate of drug-likeness (QED) is 0.617. The molecule has 0 spiro atoms. The van der Waals surface area contributed by atoms with Crippen LogP contribution in [0.25, 0.3) is 0 Å². The predicted molar refractivity (Wildman–Crippen MR) is 74.2 cm³/mol. The van der Waals surface area contributed by atoms with Crippen molar-refractivity contribution in [1.82, 2.24) is 0 Å². The molecule has 0 aliphatic heterocycles. The molecule has 0 atom stereocenters. The monoisotopic (exact) mass is 272 g/mol. The van der Waals surface area contributed by atoms with Gasteiger partial charge in [0.1, 0.15) is 0 Å². The molecule has 0 unspecified atom stereocenters. The van der Waals surface area contributed by atoms with E-state index in [-0.39, 0.29) is 5.75 Å². The van der Waals surface area contributed by atoms with Crippen molar-refractivity contribution in [2.45, 2.75) is 39.5 Å².